The third-order valence-electron chi connectivity index (χ3n) is 6.75. The molecule has 5 N–H and O–H groups in total. The summed E-state index contributed by atoms with van der Waals surface area (Å²) < 4.78 is 5.82. The fourth-order valence-electron chi connectivity index (χ4n) is 4.50. The number of fused-ring (bicyclic) bond motifs is 4. The van der Waals surface area contributed by atoms with E-state index in [9.17, 15) is 15.0 Å². The Morgan fingerprint density at radius 3 is 2.82 bits per heavy atom. The fourth-order valence-corrected chi connectivity index (χ4v) is 4.71. The molecule has 2 aromatic carbocycles. The number of aromatic hydroxyl groups is 1. The Morgan fingerprint density at radius 2 is 2.00 bits per heavy atom. The third-order valence-corrected chi connectivity index (χ3v) is 6.95. The van der Waals surface area contributed by atoms with Crippen LogP contribution in [0.2, 0.25) is 5.15 Å². The van der Waals surface area contributed by atoms with Crippen molar-refractivity contribution in [3.8, 4) is 11.5 Å². The monoisotopic (exact) mass is 552 g/mol. The first-order chi connectivity index (χ1) is 18.8. The number of nitrogens with one attached hydrogen (secondary N) is 3. The molecule has 1 aliphatic heterocycles. The number of amides is 1. The molecule has 4 bridgehead atoms. The van der Waals surface area contributed by atoms with E-state index in [4.69, 9.17) is 16.3 Å². The van der Waals surface area contributed by atoms with Gasteiger partial charge in [0.1, 0.15) is 11.0 Å². The molecule has 2 atom stereocenters. The van der Waals surface area contributed by atoms with E-state index >= 15 is 0 Å². The fraction of sp³-hybridized carbons (Fsp3) is 0.400. The largest absolute Gasteiger partial charge is 0.504 e. The maximum Gasteiger partial charge on any atom is 0.251 e. The number of ether oxygens (including phenoxy) is 1. The second-order valence-corrected chi connectivity index (χ2v) is 10.6. The van der Waals surface area contributed by atoms with E-state index in [1.54, 1.807) is 24.3 Å². The van der Waals surface area contributed by atoms with Gasteiger partial charge in [0, 0.05) is 25.2 Å². The van der Waals surface area contributed by atoms with Crippen LogP contribution in [0.4, 0.5) is 5.82 Å². The van der Waals surface area contributed by atoms with Crippen LogP contribution in [0.25, 0.3) is 0 Å². The van der Waals surface area contributed by atoms with Gasteiger partial charge in [-0.05, 0) is 66.1 Å². The minimum absolute atomic E-state index is 0.0539. The summed E-state index contributed by atoms with van der Waals surface area (Å²) in [6.45, 7) is 6.23. The summed E-state index contributed by atoms with van der Waals surface area (Å²) in [4.78, 5) is 17.6. The average Bonchev–Trinajstić information content (AvgIpc) is 2.91. The van der Waals surface area contributed by atoms with Crippen LogP contribution in [0.3, 0.4) is 0 Å². The summed E-state index contributed by atoms with van der Waals surface area (Å²) in [5, 5.41) is 31.2. The van der Waals surface area contributed by atoms with Crippen molar-refractivity contribution in [2.45, 2.75) is 57.7 Å². The molecule has 1 aliphatic rings. The zero-order valence-corrected chi connectivity index (χ0v) is 23.2. The van der Waals surface area contributed by atoms with Gasteiger partial charge in [0.25, 0.3) is 5.91 Å². The lowest BCUT2D eigenvalue weighted by molar-refractivity contribution is 0.0829. The van der Waals surface area contributed by atoms with Gasteiger partial charge in [0.15, 0.2) is 11.5 Å². The molecule has 39 heavy (non-hydrogen) atoms. The van der Waals surface area contributed by atoms with Crippen molar-refractivity contribution in [1.82, 2.24) is 15.6 Å². The molecule has 3 aromatic rings. The zero-order valence-electron chi connectivity index (χ0n) is 22.4. The van der Waals surface area contributed by atoms with Crippen LogP contribution in [0.5, 0.6) is 11.5 Å². The molecule has 0 fully saturated rings. The lowest BCUT2D eigenvalue weighted by Crippen LogP contribution is -2.48. The van der Waals surface area contributed by atoms with Gasteiger partial charge in [-0.2, -0.15) is 0 Å². The first-order valence-corrected chi connectivity index (χ1v) is 13.8. The van der Waals surface area contributed by atoms with Gasteiger partial charge < -0.3 is 30.9 Å². The lowest BCUT2D eigenvalue weighted by Gasteiger charge is -2.25. The summed E-state index contributed by atoms with van der Waals surface area (Å²) in [5.41, 5.74) is 3.56. The van der Waals surface area contributed by atoms with E-state index in [0.29, 0.717) is 49.2 Å². The molecule has 208 valence electrons. The molecule has 0 unspecified atom stereocenters. The van der Waals surface area contributed by atoms with Gasteiger partial charge in [0.05, 0.1) is 18.8 Å². The highest BCUT2D eigenvalue weighted by Crippen LogP contribution is 2.28. The smallest absolute Gasteiger partial charge is 0.251 e. The van der Waals surface area contributed by atoms with Crippen LogP contribution >= 0.6 is 11.6 Å². The van der Waals surface area contributed by atoms with Crippen LogP contribution in [0.1, 0.15) is 59.7 Å². The molecule has 8 nitrogen and oxygen atoms in total. The van der Waals surface area contributed by atoms with Gasteiger partial charge in [-0.3, -0.25) is 4.79 Å². The number of anilines is 1. The first kappa shape index (κ1) is 28.7. The normalized spacial score (nSPS) is 17.2. The molecule has 0 saturated heterocycles. The molecule has 9 heteroatoms. The summed E-state index contributed by atoms with van der Waals surface area (Å²) in [5.74, 6) is 1.01. The van der Waals surface area contributed by atoms with Crippen LogP contribution < -0.4 is 20.7 Å². The minimum atomic E-state index is -0.894. The van der Waals surface area contributed by atoms with Crippen LogP contribution in [-0.2, 0) is 13.0 Å². The van der Waals surface area contributed by atoms with Gasteiger partial charge in [-0.1, -0.05) is 55.8 Å². The van der Waals surface area contributed by atoms with E-state index in [-0.39, 0.29) is 23.4 Å². The molecule has 0 spiro atoms. The highest BCUT2D eigenvalue weighted by atomic mass is 35.5. The number of aliphatic hydroxyl groups is 1. The number of hydrogen-bond donors (Lipinski definition) is 5. The molecular weight excluding hydrogens is 516 g/mol. The van der Waals surface area contributed by atoms with Gasteiger partial charge >= 0.3 is 0 Å². The van der Waals surface area contributed by atoms with Crippen LogP contribution in [0.15, 0.2) is 54.6 Å². The number of benzene rings is 2. The Balaban J connectivity index is 1.53. The lowest BCUT2D eigenvalue weighted by atomic mass is 9.99. The topological polar surface area (TPSA) is 116 Å². The number of hydrogen-bond acceptors (Lipinski definition) is 7. The predicted molar refractivity (Wildman–Crippen MR) is 154 cm³/mol. The second kappa shape index (κ2) is 13.6. The maximum atomic E-state index is 13.3. The summed E-state index contributed by atoms with van der Waals surface area (Å²) in [7, 11) is 0. The number of aliphatic hydroxyl groups excluding tert-OH is 1. The summed E-state index contributed by atoms with van der Waals surface area (Å²) >= 11 is 6.21. The SMILES string of the molecule is CC(C)c1cccc(CNC[C@@H](O)[C@@H]2Cc3ccc(O)c(c3)OCCCCNc3cc(cc(Cl)n3)C(=O)N2)c1. The number of carbonyl (C=O) groups excluding carboxylic acids is 1. The molecule has 2 heterocycles. The predicted octanol–water partition coefficient (Wildman–Crippen LogP) is 4.64. The number of aromatic nitrogens is 1. The Kier molecular flexibility index (Phi) is 10.0. The summed E-state index contributed by atoms with van der Waals surface area (Å²) in [6.07, 6.45) is 1.00. The Bertz CT molecular complexity index is 1270. The average molecular weight is 553 g/mol. The number of pyridine rings is 1. The number of phenols is 1. The van der Waals surface area contributed by atoms with Crippen molar-refractivity contribution in [2.24, 2.45) is 0 Å². The first-order valence-electron chi connectivity index (χ1n) is 13.4. The third kappa shape index (κ3) is 8.33. The minimum Gasteiger partial charge on any atom is -0.504 e. The Hall–Kier alpha value is -3.33. The van der Waals surface area contributed by atoms with Gasteiger partial charge in [-0.25, -0.2) is 4.98 Å². The number of rotatable bonds is 6. The zero-order chi connectivity index (χ0) is 27.8. The van der Waals surface area contributed by atoms with Crippen molar-refractivity contribution in [2.75, 3.05) is 25.0 Å². The van der Waals surface area contributed by atoms with E-state index in [0.717, 1.165) is 24.0 Å². The number of halogens is 1. The van der Waals surface area contributed by atoms with E-state index in [1.807, 2.05) is 6.07 Å². The molecule has 0 saturated carbocycles. The quantitative estimate of drug-likeness (QED) is 0.283. The van der Waals surface area contributed by atoms with Crippen molar-refractivity contribution >= 4 is 23.3 Å². The number of carbonyl (C=O) groups is 1. The molecule has 1 amide bonds. The molecule has 0 radical (unpaired) electrons. The van der Waals surface area contributed by atoms with Crippen molar-refractivity contribution in [1.29, 1.82) is 0 Å². The van der Waals surface area contributed by atoms with Crippen molar-refractivity contribution in [3.05, 3.63) is 82.0 Å². The molecule has 1 aromatic heterocycles. The van der Waals surface area contributed by atoms with E-state index < -0.39 is 12.1 Å². The van der Waals surface area contributed by atoms with Crippen molar-refractivity contribution < 1.29 is 19.7 Å². The Labute approximate surface area is 234 Å². The van der Waals surface area contributed by atoms with Gasteiger partial charge in [0.2, 0.25) is 0 Å². The van der Waals surface area contributed by atoms with Crippen molar-refractivity contribution in [3.63, 3.8) is 0 Å². The summed E-state index contributed by atoms with van der Waals surface area (Å²) in [6, 6.07) is 16.0. The highest BCUT2D eigenvalue weighted by Gasteiger charge is 2.24. The van der Waals surface area contributed by atoms with E-state index in [1.165, 1.54) is 11.6 Å². The second-order valence-electron chi connectivity index (χ2n) is 10.2. The number of phenolic OH excluding ortho intramolecular Hbond substituents is 1. The number of nitrogens with zero attached hydrogens (tertiary/aromatic N) is 1. The maximum absolute atomic E-state index is 13.3. The molecular formula is C30H37ClN4O4. The van der Waals surface area contributed by atoms with E-state index in [2.05, 4.69) is 53.0 Å². The Morgan fingerprint density at radius 1 is 1.15 bits per heavy atom. The molecule has 4 rings (SSSR count). The standard InChI is InChI=1S/C30H37ClN4O4/c1-19(2)22-7-5-6-21(12-22)17-32-18-26(37)24-13-20-8-9-25(36)27(14-20)39-11-4-3-10-33-29-16-23(30(38)34-24)15-28(31)35-29/h5-9,12,14-16,19,24,26,32,36-37H,3-4,10-11,13,17-18H2,1-2H3,(H,33,35)(H,34,38)/t24-,26+/m0/s1. The van der Waals surface area contributed by atoms with Crippen LogP contribution in [0, 0.1) is 0 Å². The van der Waals surface area contributed by atoms with Gasteiger partial charge in [-0.15, -0.1) is 0 Å². The van der Waals surface area contributed by atoms with Crippen LogP contribution in [-0.4, -0.2) is 52.9 Å². The highest BCUT2D eigenvalue weighted by molar-refractivity contribution is 6.29. The molecule has 0 aliphatic carbocycles.